The van der Waals surface area contributed by atoms with E-state index >= 15 is 0 Å². The quantitative estimate of drug-likeness (QED) is 0.508. The molecular weight excluding hydrogens is 324 g/mol. The lowest BCUT2D eigenvalue weighted by Crippen LogP contribution is -2.30. The summed E-state index contributed by atoms with van der Waals surface area (Å²) in [5.74, 6) is 0. The molecule has 0 saturated heterocycles. The minimum absolute atomic E-state index is 0.0618. The molecule has 0 saturated carbocycles. The molecule has 0 fully saturated rings. The van der Waals surface area contributed by atoms with E-state index in [0.717, 1.165) is 0 Å². The van der Waals surface area contributed by atoms with Crippen molar-refractivity contribution in [1.82, 2.24) is 0 Å². The normalized spacial score (nSPS) is 13.7. The second kappa shape index (κ2) is 6.80. The van der Waals surface area contributed by atoms with E-state index in [0.29, 0.717) is 0 Å². The van der Waals surface area contributed by atoms with Gasteiger partial charge < -0.3 is 0 Å². The Kier molecular flexibility index (Phi) is 5.47. The second-order valence-electron chi connectivity index (χ2n) is 11.7. The highest BCUT2D eigenvalue weighted by molar-refractivity contribution is 5.51. The molecule has 148 valence electrons. The van der Waals surface area contributed by atoms with Crippen LogP contribution in [0.3, 0.4) is 0 Å². The van der Waals surface area contributed by atoms with E-state index in [1.165, 1.54) is 27.8 Å². The van der Waals surface area contributed by atoms with Gasteiger partial charge in [-0.3, -0.25) is 0 Å². The third-order valence-corrected chi connectivity index (χ3v) is 5.78. The molecule has 27 heavy (non-hydrogen) atoms. The molecule has 2 rings (SSSR count). The van der Waals surface area contributed by atoms with E-state index in [-0.39, 0.29) is 21.7 Å². The van der Waals surface area contributed by atoms with Gasteiger partial charge in [-0.05, 0) is 44.1 Å². The van der Waals surface area contributed by atoms with Crippen molar-refractivity contribution in [2.75, 3.05) is 0 Å². The third-order valence-electron chi connectivity index (χ3n) is 5.78. The summed E-state index contributed by atoms with van der Waals surface area (Å²) < 4.78 is 0. The molecular formula is C27H40. The van der Waals surface area contributed by atoms with Gasteiger partial charge >= 0.3 is 0 Å². The Morgan fingerprint density at radius 1 is 0.444 bits per heavy atom. The fourth-order valence-electron chi connectivity index (χ4n) is 4.01. The maximum Gasteiger partial charge on any atom is 0.0152 e. The van der Waals surface area contributed by atoms with Gasteiger partial charge in [0.2, 0.25) is 0 Å². The Bertz CT molecular complexity index is 799. The molecule has 0 aliphatic heterocycles. The number of rotatable bonds is 2. The van der Waals surface area contributed by atoms with Crippen molar-refractivity contribution in [3.63, 3.8) is 0 Å². The van der Waals surface area contributed by atoms with Crippen molar-refractivity contribution in [3.05, 3.63) is 70.3 Å². The molecule has 0 aliphatic carbocycles. The number of hydrogen-bond acceptors (Lipinski definition) is 0. The molecule has 0 bridgehead atoms. The van der Waals surface area contributed by atoms with Crippen LogP contribution in [0.2, 0.25) is 0 Å². The highest BCUT2D eigenvalue weighted by atomic mass is 14.4. The molecule has 0 radical (unpaired) electrons. The maximum atomic E-state index is 2.47. The van der Waals surface area contributed by atoms with E-state index in [1.807, 2.05) is 0 Å². The first-order valence-corrected chi connectivity index (χ1v) is 10.3. The van der Waals surface area contributed by atoms with Gasteiger partial charge in [-0.25, -0.2) is 0 Å². The van der Waals surface area contributed by atoms with E-state index < -0.39 is 0 Å². The van der Waals surface area contributed by atoms with E-state index in [1.54, 1.807) is 0 Å². The molecule has 0 atom stereocenters. The molecule has 0 spiro atoms. The van der Waals surface area contributed by atoms with Crippen LogP contribution in [0.1, 0.15) is 104 Å². The fraction of sp³-hybridized carbons (Fsp3) is 0.556. The molecule has 0 N–H and O–H groups in total. The van der Waals surface area contributed by atoms with Crippen molar-refractivity contribution in [2.45, 2.75) is 97.8 Å². The fourth-order valence-corrected chi connectivity index (χ4v) is 4.01. The zero-order valence-electron chi connectivity index (χ0n) is 19.5. The van der Waals surface area contributed by atoms with Gasteiger partial charge in [0.05, 0.1) is 0 Å². The van der Waals surface area contributed by atoms with Gasteiger partial charge in [0.15, 0.2) is 0 Å². The molecule has 0 aromatic heterocycles. The summed E-state index contributed by atoms with van der Waals surface area (Å²) in [5, 5.41) is 0. The first-order chi connectivity index (χ1) is 12.1. The molecule has 0 nitrogen and oxygen atoms in total. The Hall–Kier alpha value is -1.56. The highest BCUT2D eigenvalue weighted by Gasteiger charge is 2.34. The van der Waals surface area contributed by atoms with Crippen LogP contribution in [-0.2, 0) is 21.7 Å². The minimum atomic E-state index is -0.0618. The number of hydrogen-bond donors (Lipinski definition) is 0. The lowest BCUT2D eigenvalue weighted by molar-refractivity contribution is 0.522. The zero-order valence-corrected chi connectivity index (χ0v) is 19.5. The molecule has 2 aromatic carbocycles. The lowest BCUT2D eigenvalue weighted by Gasteiger charge is -2.38. The zero-order chi connectivity index (χ0) is 20.8. The Labute approximate surface area is 168 Å². The van der Waals surface area contributed by atoms with Crippen LogP contribution in [0, 0.1) is 0 Å². The largest absolute Gasteiger partial charge is 0.0620 e. The van der Waals surface area contributed by atoms with Crippen LogP contribution in [-0.4, -0.2) is 0 Å². The standard InChI is InChI=1S/C27H40/c1-24(2,3)19-16-17-21(26(7,8)9)23(18-19)27(10,11)22-15-13-12-14-20(22)25(4,5)6/h12-18H,1-11H3. The van der Waals surface area contributed by atoms with Crippen LogP contribution in [0.15, 0.2) is 42.5 Å². The van der Waals surface area contributed by atoms with E-state index in [4.69, 9.17) is 0 Å². The van der Waals surface area contributed by atoms with Gasteiger partial charge in [-0.1, -0.05) is 119 Å². The van der Waals surface area contributed by atoms with E-state index in [2.05, 4.69) is 119 Å². The average molecular weight is 365 g/mol. The minimum Gasteiger partial charge on any atom is -0.0620 e. The summed E-state index contributed by atoms with van der Waals surface area (Å²) in [6.07, 6.45) is 0. The topological polar surface area (TPSA) is 0 Å². The van der Waals surface area contributed by atoms with Gasteiger partial charge in [0, 0.05) is 5.41 Å². The molecule has 0 heterocycles. The van der Waals surface area contributed by atoms with Crippen LogP contribution >= 0.6 is 0 Å². The van der Waals surface area contributed by atoms with Crippen molar-refractivity contribution in [1.29, 1.82) is 0 Å². The number of benzene rings is 2. The summed E-state index contributed by atoms with van der Waals surface area (Å²) >= 11 is 0. The summed E-state index contributed by atoms with van der Waals surface area (Å²) in [6.45, 7) is 25.6. The van der Waals surface area contributed by atoms with E-state index in [9.17, 15) is 0 Å². The molecule has 0 heteroatoms. The van der Waals surface area contributed by atoms with Gasteiger partial charge in [-0.15, -0.1) is 0 Å². The van der Waals surface area contributed by atoms with Crippen LogP contribution in [0.25, 0.3) is 0 Å². The Balaban J connectivity index is 2.83. The smallest absolute Gasteiger partial charge is 0.0152 e. The van der Waals surface area contributed by atoms with Gasteiger partial charge in [0.1, 0.15) is 0 Å². The summed E-state index contributed by atoms with van der Waals surface area (Å²) in [6, 6.07) is 16.2. The first kappa shape index (κ1) is 21.7. The highest BCUT2D eigenvalue weighted by Crippen LogP contribution is 2.43. The van der Waals surface area contributed by atoms with Gasteiger partial charge in [0.25, 0.3) is 0 Å². The Morgan fingerprint density at radius 3 is 1.33 bits per heavy atom. The molecule has 0 amide bonds. The Morgan fingerprint density at radius 2 is 0.889 bits per heavy atom. The molecule has 2 aromatic rings. The van der Waals surface area contributed by atoms with Crippen molar-refractivity contribution >= 4 is 0 Å². The van der Waals surface area contributed by atoms with Crippen LogP contribution in [0.5, 0.6) is 0 Å². The summed E-state index contributed by atoms with van der Waals surface area (Å²) in [5.41, 5.74) is 7.51. The van der Waals surface area contributed by atoms with Gasteiger partial charge in [-0.2, -0.15) is 0 Å². The second-order valence-corrected chi connectivity index (χ2v) is 11.7. The molecule has 0 unspecified atom stereocenters. The maximum absolute atomic E-state index is 2.47. The average Bonchev–Trinajstić information content (AvgIpc) is 2.52. The van der Waals surface area contributed by atoms with Crippen LogP contribution in [0.4, 0.5) is 0 Å². The summed E-state index contributed by atoms with van der Waals surface area (Å²) in [4.78, 5) is 0. The SMILES string of the molecule is CC(C)(C)c1ccc(C(C)(C)C)c(C(C)(C)c2ccccc2C(C)(C)C)c1. The first-order valence-electron chi connectivity index (χ1n) is 10.3. The van der Waals surface area contributed by atoms with Crippen LogP contribution < -0.4 is 0 Å². The predicted molar refractivity (Wildman–Crippen MR) is 121 cm³/mol. The van der Waals surface area contributed by atoms with Crippen molar-refractivity contribution < 1.29 is 0 Å². The van der Waals surface area contributed by atoms with Crippen molar-refractivity contribution in [3.8, 4) is 0 Å². The van der Waals surface area contributed by atoms with Crippen molar-refractivity contribution in [2.24, 2.45) is 0 Å². The predicted octanol–water partition coefficient (Wildman–Crippen LogP) is 7.91. The third kappa shape index (κ3) is 4.48. The monoisotopic (exact) mass is 364 g/mol. The summed E-state index contributed by atoms with van der Waals surface area (Å²) in [7, 11) is 0. The molecule has 0 aliphatic rings. The lowest BCUT2D eigenvalue weighted by atomic mass is 9.66.